The van der Waals surface area contributed by atoms with E-state index in [1.165, 1.54) is 23.4 Å². The summed E-state index contributed by atoms with van der Waals surface area (Å²) in [5.41, 5.74) is 4.09. The van der Waals surface area contributed by atoms with Crippen molar-refractivity contribution in [1.29, 1.82) is 0 Å². The molecule has 0 atom stereocenters. The summed E-state index contributed by atoms with van der Waals surface area (Å²) in [6, 6.07) is 19.3. The van der Waals surface area contributed by atoms with E-state index in [9.17, 15) is 4.39 Å². The predicted octanol–water partition coefficient (Wildman–Crippen LogP) is 4.67. The summed E-state index contributed by atoms with van der Waals surface area (Å²) >= 11 is 0. The number of hydrogen-bond donors (Lipinski definition) is 1. The number of nitrogens with one attached hydrogen (secondary N) is 1. The highest BCUT2D eigenvalue weighted by atomic mass is 19.1. The first-order chi connectivity index (χ1) is 13.2. The highest BCUT2D eigenvalue weighted by Crippen LogP contribution is 2.23. The second-order valence-electron chi connectivity index (χ2n) is 7.06. The second-order valence-corrected chi connectivity index (χ2v) is 7.06. The molecule has 0 radical (unpaired) electrons. The molecule has 0 spiro atoms. The van der Waals surface area contributed by atoms with Gasteiger partial charge in [-0.3, -0.25) is 0 Å². The summed E-state index contributed by atoms with van der Waals surface area (Å²) in [5, 5.41) is 12.3. The summed E-state index contributed by atoms with van der Waals surface area (Å²) < 4.78 is 13.1. The van der Waals surface area contributed by atoms with Gasteiger partial charge in [0.2, 0.25) is 0 Å². The molecule has 27 heavy (non-hydrogen) atoms. The Morgan fingerprint density at radius 3 is 2.41 bits per heavy atom. The quantitative estimate of drug-likeness (QED) is 0.732. The smallest absolute Gasteiger partial charge is 0.151 e. The van der Waals surface area contributed by atoms with E-state index in [0.29, 0.717) is 6.04 Å². The molecule has 0 aliphatic carbocycles. The van der Waals surface area contributed by atoms with Crippen LogP contribution in [0.4, 0.5) is 15.9 Å². The van der Waals surface area contributed by atoms with Crippen LogP contribution in [0.15, 0.2) is 60.7 Å². The highest BCUT2D eigenvalue weighted by molar-refractivity contribution is 5.59. The number of anilines is 2. The van der Waals surface area contributed by atoms with Gasteiger partial charge in [-0.2, -0.15) is 0 Å². The summed E-state index contributed by atoms with van der Waals surface area (Å²) in [7, 11) is 0. The Labute approximate surface area is 159 Å². The lowest BCUT2D eigenvalue weighted by molar-refractivity contribution is 0.522. The van der Waals surface area contributed by atoms with E-state index < -0.39 is 0 Å². The average Bonchev–Trinajstić information content (AvgIpc) is 2.69. The van der Waals surface area contributed by atoms with E-state index in [1.807, 2.05) is 12.1 Å². The van der Waals surface area contributed by atoms with E-state index in [2.05, 4.69) is 51.6 Å². The van der Waals surface area contributed by atoms with Crippen molar-refractivity contribution in [3.05, 3.63) is 72.0 Å². The summed E-state index contributed by atoms with van der Waals surface area (Å²) in [5.74, 6) is 0.653. The fourth-order valence-electron chi connectivity index (χ4n) is 3.49. The van der Waals surface area contributed by atoms with Crippen LogP contribution in [-0.2, 0) is 0 Å². The van der Waals surface area contributed by atoms with Gasteiger partial charge in [0.25, 0.3) is 0 Å². The Kier molecular flexibility index (Phi) is 5.01. The normalized spacial score (nSPS) is 15.0. The van der Waals surface area contributed by atoms with Crippen LogP contribution >= 0.6 is 0 Å². The Balaban J connectivity index is 1.36. The molecule has 1 aliphatic heterocycles. The van der Waals surface area contributed by atoms with Crippen molar-refractivity contribution in [2.75, 3.05) is 23.3 Å². The minimum Gasteiger partial charge on any atom is -0.382 e. The molecule has 5 heteroatoms. The van der Waals surface area contributed by atoms with Gasteiger partial charge >= 0.3 is 0 Å². The molecule has 1 aliphatic rings. The molecule has 0 saturated carbocycles. The van der Waals surface area contributed by atoms with Crippen LogP contribution in [0, 0.1) is 12.7 Å². The molecule has 2 aromatic carbocycles. The molecule has 2 heterocycles. The topological polar surface area (TPSA) is 41.0 Å². The Morgan fingerprint density at radius 2 is 1.74 bits per heavy atom. The van der Waals surface area contributed by atoms with E-state index in [4.69, 9.17) is 0 Å². The first kappa shape index (κ1) is 17.5. The molecule has 0 bridgehead atoms. The van der Waals surface area contributed by atoms with Crippen LogP contribution in [0.2, 0.25) is 0 Å². The third-order valence-corrected chi connectivity index (χ3v) is 5.00. The predicted molar refractivity (Wildman–Crippen MR) is 107 cm³/mol. The van der Waals surface area contributed by atoms with Gasteiger partial charge in [-0.1, -0.05) is 12.1 Å². The number of aromatic nitrogens is 2. The van der Waals surface area contributed by atoms with Gasteiger partial charge in [0, 0.05) is 30.4 Å². The van der Waals surface area contributed by atoms with Gasteiger partial charge in [-0.15, -0.1) is 10.2 Å². The van der Waals surface area contributed by atoms with Gasteiger partial charge in [0.15, 0.2) is 5.82 Å². The molecule has 1 aromatic heterocycles. The molecule has 0 unspecified atom stereocenters. The Bertz CT molecular complexity index is 885. The minimum absolute atomic E-state index is 0.245. The van der Waals surface area contributed by atoms with Gasteiger partial charge in [-0.05, 0) is 73.9 Å². The SMILES string of the molecule is Cc1cccc(NC2CCN(c3ccc(-c4ccc(F)cc4)nn3)CC2)c1. The number of rotatable bonds is 4. The van der Waals surface area contributed by atoms with Crippen LogP contribution in [0.5, 0.6) is 0 Å². The largest absolute Gasteiger partial charge is 0.382 e. The molecule has 1 fully saturated rings. The molecule has 0 amide bonds. The van der Waals surface area contributed by atoms with E-state index in [0.717, 1.165) is 43.0 Å². The first-order valence-corrected chi connectivity index (χ1v) is 9.35. The fourth-order valence-corrected chi connectivity index (χ4v) is 3.49. The molecule has 4 nitrogen and oxygen atoms in total. The van der Waals surface area contributed by atoms with Gasteiger partial charge < -0.3 is 10.2 Å². The van der Waals surface area contributed by atoms with Gasteiger partial charge in [-0.25, -0.2) is 4.39 Å². The highest BCUT2D eigenvalue weighted by Gasteiger charge is 2.20. The van der Waals surface area contributed by atoms with Gasteiger partial charge in [0.05, 0.1) is 5.69 Å². The molecule has 1 saturated heterocycles. The lowest BCUT2D eigenvalue weighted by Gasteiger charge is -2.33. The third-order valence-electron chi connectivity index (χ3n) is 5.00. The number of hydrogen-bond acceptors (Lipinski definition) is 4. The van der Waals surface area contributed by atoms with Crippen LogP contribution in [0.25, 0.3) is 11.3 Å². The van der Waals surface area contributed by atoms with Crippen molar-refractivity contribution in [3.8, 4) is 11.3 Å². The zero-order valence-electron chi connectivity index (χ0n) is 15.4. The number of benzene rings is 2. The van der Waals surface area contributed by atoms with Crippen LogP contribution in [-0.4, -0.2) is 29.3 Å². The van der Waals surface area contributed by atoms with Crippen LogP contribution < -0.4 is 10.2 Å². The molecule has 3 aromatic rings. The molecule has 138 valence electrons. The summed E-state index contributed by atoms with van der Waals surface area (Å²) in [6.07, 6.45) is 2.13. The minimum atomic E-state index is -0.245. The van der Waals surface area contributed by atoms with Crippen molar-refractivity contribution >= 4 is 11.5 Å². The zero-order chi connectivity index (χ0) is 18.6. The van der Waals surface area contributed by atoms with Crippen molar-refractivity contribution < 1.29 is 4.39 Å². The van der Waals surface area contributed by atoms with Crippen molar-refractivity contribution in [1.82, 2.24) is 10.2 Å². The first-order valence-electron chi connectivity index (χ1n) is 9.35. The molecular weight excluding hydrogens is 339 g/mol. The maximum Gasteiger partial charge on any atom is 0.151 e. The van der Waals surface area contributed by atoms with Crippen molar-refractivity contribution in [2.45, 2.75) is 25.8 Å². The maximum atomic E-state index is 13.1. The standard InChI is InChI=1S/C22H23FN4/c1-16-3-2-4-20(15-16)24-19-11-13-27(14-12-19)22-10-9-21(25-26-22)17-5-7-18(23)8-6-17/h2-10,15,19,24H,11-14H2,1H3. The number of aryl methyl sites for hydroxylation is 1. The lowest BCUT2D eigenvalue weighted by atomic mass is 10.0. The monoisotopic (exact) mass is 362 g/mol. The van der Waals surface area contributed by atoms with E-state index in [-0.39, 0.29) is 5.82 Å². The number of nitrogens with zero attached hydrogens (tertiary/aromatic N) is 3. The fraction of sp³-hybridized carbons (Fsp3) is 0.273. The van der Waals surface area contributed by atoms with Crippen molar-refractivity contribution in [3.63, 3.8) is 0 Å². The van der Waals surface area contributed by atoms with E-state index in [1.54, 1.807) is 12.1 Å². The molecular formula is C22H23FN4. The van der Waals surface area contributed by atoms with Crippen LogP contribution in [0.3, 0.4) is 0 Å². The molecule has 1 N–H and O–H groups in total. The second kappa shape index (κ2) is 7.74. The van der Waals surface area contributed by atoms with Gasteiger partial charge in [0.1, 0.15) is 5.82 Å². The van der Waals surface area contributed by atoms with Crippen molar-refractivity contribution in [2.24, 2.45) is 0 Å². The van der Waals surface area contributed by atoms with E-state index >= 15 is 0 Å². The average molecular weight is 362 g/mol. The lowest BCUT2D eigenvalue weighted by Crippen LogP contribution is -2.39. The Hall–Kier alpha value is -2.95. The summed E-state index contributed by atoms with van der Waals surface area (Å²) in [4.78, 5) is 2.27. The number of halogens is 1. The van der Waals surface area contributed by atoms with Crippen LogP contribution in [0.1, 0.15) is 18.4 Å². The number of piperidine rings is 1. The Morgan fingerprint density at radius 1 is 0.963 bits per heavy atom. The maximum absolute atomic E-state index is 13.1. The summed E-state index contributed by atoms with van der Waals surface area (Å²) in [6.45, 7) is 4.02. The zero-order valence-corrected chi connectivity index (χ0v) is 15.4. The third kappa shape index (κ3) is 4.25. The molecule has 4 rings (SSSR count).